The van der Waals surface area contributed by atoms with Crippen LogP contribution in [0.25, 0.3) is 10.9 Å². The zero-order chi connectivity index (χ0) is 41.1. The van der Waals surface area contributed by atoms with Crippen molar-refractivity contribution in [3.8, 4) is 0 Å². The first kappa shape index (κ1) is 42.7. The number of benzene rings is 1. The van der Waals surface area contributed by atoms with Gasteiger partial charge in [0.2, 0.25) is 47.3 Å². The number of amides is 8. The van der Waals surface area contributed by atoms with E-state index < -0.39 is 89.5 Å². The van der Waals surface area contributed by atoms with Crippen LogP contribution in [-0.4, -0.2) is 122 Å². The summed E-state index contributed by atoms with van der Waals surface area (Å²) in [5, 5.41) is 18.5. The number of nitrogens with zero attached hydrogens (tertiary/aromatic N) is 2. The highest BCUT2D eigenvalue weighted by molar-refractivity contribution is 5.97. The van der Waals surface area contributed by atoms with Crippen molar-refractivity contribution in [2.24, 2.45) is 22.9 Å². The first-order valence-electron chi connectivity index (χ1n) is 18.5. The largest absolute Gasteiger partial charge is 0.480 e. The number of carboxylic acid groups (broad SMARTS) is 1. The normalized spacial score (nSPS) is 18.7. The molecule has 20 heteroatoms. The summed E-state index contributed by atoms with van der Waals surface area (Å²) in [7, 11) is 0. The van der Waals surface area contributed by atoms with Gasteiger partial charge in [-0.3, -0.25) is 38.4 Å². The van der Waals surface area contributed by atoms with Crippen molar-refractivity contribution in [3.63, 3.8) is 0 Å². The van der Waals surface area contributed by atoms with Crippen LogP contribution in [0, 0.1) is 0 Å². The average molecular weight is 783 g/mol. The number of carbonyl (C=O) groups excluding carboxylic acids is 8. The second kappa shape index (κ2) is 19.5. The number of rotatable bonds is 20. The molecule has 6 atom stereocenters. The number of fused-ring (bicyclic) bond motifs is 1. The van der Waals surface area contributed by atoms with Crippen molar-refractivity contribution in [2.75, 3.05) is 13.1 Å². The molecule has 13 N–H and O–H groups in total. The lowest BCUT2D eigenvalue weighted by molar-refractivity contribution is -0.146. The summed E-state index contributed by atoms with van der Waals surface area (Å²) in [5.74, 6) is -7.11. The summed E-state index contributed by atoms with van der Waals surface area (Å²) >= 11 is 0. The van der Waals surface area contributed by atoms with Gasteiger partial charge in [0.15, 0.2) is 0 Å². The molecule has 2 aliphatic rings. The number of likely N-dealkylation sites (tertiary alicyclic amines) is 2. The highest BCUT2D eigenvalue weighted by Crippen LogP contribution is 2.24. The lowest BCUT2D eigenvalue weighted by Crippen LogP contribution is -2.59. The Hall–Kier alpha value is -6.05. The van der Waals surface area contributed by atoms with Crippen LogP contribution >= 0.6 is 0 Å². The Morgan fingerprint density at radius 1 is 0.714 bits per heavy atom. The minimum absolute atomic E-state index is 0.0329. The molecule has 304 valence electrons. The van der Waals surface area contributed by atoms with Crippen molar-refractivity contribution < 1.29 is 48.3 Å². The topological polar surface area (TPSA) is 336 Å². The first-order chi connectivity index (χ1) is 26.6. The van der Waals surface area contributed by atoms with Crippen molar-refractivity contribution in [1.29, 1.82) is 0 Å². The van der Waals surface area contributed by atoms with Crippen LogP contribution in [0.1, 0.15) is 69.8 Å². The smallest absolute Gasteiger partial charge is 0.326 e. The molecule has 3 heterocycles. The maximum Gasteiger partial charge on any atom is 0.326 e. The van der Waals surface area contributed by atoms with E-state index in [0.717, 1.165) is 10.9 Å². The van der Waals surface area contributed by atoms with Crippen LogP contribution in [0.15, 0.2) is 30.5 Å². The number of primary amides is 3. The van der Waals surface area contributed by atoms with Gasteiger partial charge < -0.3 is 58.8 Å². The standard InChI is InChI=1S/C36H50N10O10/c37-21(9-12-28(38)47)31(50)42-23(10-13-29(39)48)34(53)45-15-3-7-26(45)32(51)43-24(11-14-30(40)49)35(54)46-16-4-8-27(46)33(52)44-25(36(55)56)17-19-18-41-22-6-2-1-5-20(19)22/h1-2,5-6,18,21,23-27,41H,3-4,7-17,37H2,(H2,38,47)(H2,39,48)(H2,40,49)(H,42,50)(H,43,51)(H,44,52)(H,55,56)/t21-,23-,24-,25-,26-,27-/m0/s1. The molecular weight excluding hydrogens is 732 g/mol. The number of H-pyrrole nitrogens is 1. The molecule has 8 amide bonds. The molecule has 2 fully saturated rings. The quantitative estimate of drug-likeness (QED) is 0.0668. The van der Waals surface area contributed by atoms with Crippen molar-refractivity contribution >= 4 is 64.1 Å². The van der Waals surface area contributed by atoms with E-state index in [1.54, 1.807) is 6.20 Å². The highest BCUT2D eigenvalue weighted by Gasteiger charge is 2.42. The number of para-hydroxylation sites is 1. The molecule has 0 unspecified atom stereocenters. The summed E-state index contributed by atoms with van der Waals surface area (Å²) in [6, 6.07) is -0.0875. The van der Waals surface area contributed by atoms with Gasteiger partial charge in [-0.2, -0.15) is 0 Å². The zero-order valence-corrected chi connectivity index (χ0v) is 30.9. The Kier molecular flexibility index (Phi) is 14.9. The van der Waals surface area contributed by atoms with Crippen LogP contribution in [0.5, 0.6) is 0 Å². The monoisotopic (exact) mass is 782 g/mol. The van der Waals surface area contributed by atoms with E-state index in [1.165, 1.54) is 9.80 Å². The fraction of sp³-hybridized carbons (Fsp3) is 0.528. The van der Waals surface area contributed by atoms with Gasteiger partial charge in [-0.25, -0.2) is 4.79 Å². The molecule has 1 aromatic carbocycles. The van der Waals surface area contributed by atoms with Crippen LogP contribution in [0.3, 0.4) is 0 Å². The molecule has 20 nitrogen and oxygen atoms in total. The lowest BCUT2D eigenvalue weighted by Gasteiger charge is -2.32. The van der Waals surface area contributed by atoms with E-state index in [1.807, 2.05) is 24.3 Å². The number of nitrogens with two attached hydrogens (primary N) is 4. The minimum atomic E-state index is -1.35. The molecule has 56 heavy (non-hydrogen) atoms. The van der Waals surface area contributed by atoms with Gasteiger partial charge >= 0.3 is 5.97 Å². The number of carboxylic acids is 1. The average Bonchev–Trinajstić information content (AvgIpc) is 3.93. The fourth-order valence-electron chi connectivity index (χ4n) is 7.06. The Balaban J connectivity index is 1.47. The van der Waals surface area contributed by atoms with Crippen LogP contribution in [-0.2, 0) is 49.6 Å². The Morgan fingerprint density at radius 2 is 1.20 bits per heavy atom. The van der Waals surface area contributed by atoms with Crippen molar-refractivity contribution in [3.05, 3.63) is 36.0 Å². The number of nitrogens with one attached hydrogen (secondary N) is 4. The number of carbonyl (C=O) groups is 9. The summed E-state index contributed by atoms with van der Waals surface area (Å²) in [4.78, 5) is 120. The first-order valence-corrected chi connectivity index (χ1v) is 18.5. The van der Waals surface area contributed by atoms with Gasteiger partial charge in [0, 0.05) is 55.9 Å². The van der Waals surface area contributed by atoms with E-state index in [2.05, 4.69) is 20.9 Å². The number of aliphatic carboxylic acids is 1. The molecule has 0 radical (unpaired) electrons. The van der Waals surface area contributed by atoms with E-state index in [9.17, 15) is 48.3 Å². The maximum atomic E-state index is 14.0. The fourth-order valence-corrected chi connectivity index (χ4v) is 7.06. The molecule has 0 saturated carbocycles. The summed E-state index contributed by atoms with van der Waals surface area (Å²) < 4.78 is 0. The van der Waals surface area contributed by atoms with Gasteiger partial charge in [0.25, 0.3) is 0 Å². The van der Waals surface area contributed by atoms with Gasteiger partial charge in [-0.1, -0.05) is 18.2 Å². The molecule has 2 aromatic rings. The van der Waals surface area contributed by atoms with E-state index in [-0.39, 0.29) is 70.9 Å². The SMILES string of the molecule is NC(=O)CC[C@H](NC(=O)[C@@H](N)CCC(N)=O)C(=O)N1CCC[C@H]1C(=O)N[C@@H](CCC(N)=O)C(=O)N1CCC[C@H]1C(=O)N[C@@H](Cc1c[nH]c2ccccc12)C(=O)O. The summed E-state index contributed by atoms with van der Waals surface area (Å²) in [6.45, 7) is 0.196. The Bertz CT molecular complexity index is 1830. The molecule has 1 aromatic heterocycles. The third-order valence-corrected chi connectivity index (χ3v) is 10.0. The highest BCUT2D eigenvalue weighted by atomic mass is 16.4. The van der Waals surface area contributed by atoms with Crippen LogP contribution < -0.4 is 38.9 Å². The number of aromatic nitrogens is 1. The molecule has 2 aliphatic heterocycles. The second-order valence-electron chi connectivity index (χ2n) is 14.1. The van der Waals surface area contributed by atoms with E-state index >= 15 is 0 Å². The van der Waals surface area contributed by atoms with Crippen LogP contribution in [0.4, 0.5) is 0 Å². The number of hydrogen-bond acceptors (Lipinski definition) is 10. The Labute approximate surface area is 321 Å². The van der Waals surface area contributed by atoms with E-state index in [0.29, 0.717) is 18.4 Å². The molecule has 2 saturated heterocycles. The third-order valence-electron chi connectivity index (χ3n) is 10.0. The van der Waals surface area contributed by atoms with E-state index in [4.69, 9.17) is 22.9 Å². The molecule has 0 aliphatic carbocycles. The van der Waals surface area contributed by atoms with Gasteiger partial charge in [-0.15, -0.1) is 0 Å². The lowest BCUT2D eigenvalue weighted by atomic mass is 10.0. The zero-order valence-electron chi connectivity index (χ0n) is 30.9. The third kappa shape index (κ3) is 11.2. The molecular formula is C36H50N10O10. The van der Waals surface area contributed by atoms with Gasteiger partial charge in [-0.05, 0) is 56.6 Å². The second-order valence-corrected chi connectivity index (χ2v) is 14.1. The predicted octanol–water partition coefficient (Wildman–Crippen LogP) is -2.64. The summed E-state index contributed by atoms with van der Waals surface area (Å²) in [5.41, 5.74) is 23.2. The molecule has 4 rings (SSSR count). The van der Waals surface area contributed by atoms with Gasteiger partial charge in [0.05, 0.1) is 6.04 Å². The number of aromatic amines is 1. The van der Waals surface area contributed by atoms with Crippen molar-refractivity contribution in [1.82, 2.24) is 30.7 Å². The molecule has 0 bridgehead atoms. The predicted molar refractivity (Wildman–Crippen MR) is 198 cm³/mol. The summed E-state index contributed by atoms with van der Waals surface area (Å²) in [6.07, 6.45) is 1.47. The van der Waals surface area contributed by atoms with Gasteiger partial charge in [0.1, 0.15) is 30.2 Å². The number of hydrogen-bond donors (Lipinski definition) is 9. The molecule has 0 spiro atoms. The maximum absolute atomic E-state index is 14.0. The Morgan fingerprint density at radius 3 is 1.71 bits per heavy atom. The minimum Gasteiger partial charge on any atom is -0.480 e. The van der Waals surface area contributed by atoms with Crippen molar-refractivity contribution in [2.45, 2.75) is 107 Å². The van der Waals surface area contributed by atoms with Crippen LogP contribution in [0.2, 0.25) is 0 Å².